The van der Waals surface area contributed by atoms with Gasteiger partial charge < -0.3 is 10.4 Å². The van der Waals surface area contributed by atoms with Crippen molar-refractivity contribution in [2.45, 2.75) is 33.6 Å². The summed E-state index contributed by atoms with van der Waals surface area (Å²) >= 11 is 18.5. The lowest BCUT2D eigenvalue weighted by atomic mass is 10.00. The molecule has 0 saturated carbocycles. The Bertz CT molecular complexity index is 654. The van der Waals surface area contributed by atoms with Gasteiger partial charge in [-0.1, -0.05) is 55.6 Å². The highest BCUT2D eigenvalue weighted by Gasteiger charge is 2.19. The second kappa shape index (κ2) is 8.57. The number of carboxylic acids is 1. The van der Waals surface area contributed by atoms with Crippen molar-refractivity contribution in [2.75, 3.05) is 5.32 Å². The molecular formula is C16H18Cl3NO3. The fourth-order valence-corrected chi connectivity index (χ4v) is 2.88. The molecule has 1 amide bonds. The molecule has 0 aromatic heterocycles. The predicted octanol–water partition coefficient (Wildman–Crippen LogP) is 5.51. The smallest absolute Gasteiger partial charge is 0.331 e. The Balaban J connectivity index is 3.42. The Labute approximate surface area is 150 Å². The number of carbonyl (C=O) groups is 2. The summed E-state index contributed by atoms with van der Waals surface area (Å²) in [6, 6.07) is 1.43. The van der Waals surface area contributed by atoms with Gasteiger partial charge >= 0.3 is 5.97 Å². The summed E-state index contributed by atoms with van der Waals surface area (Å²) < 4.78 is 0. The van der Waals surface area contributed by atoms with E-state index in [-0.39, 0.29) is 38.2 Å². The van der Waals surface area contributed by atoms with Gasteiger partial charge in [0.25, 0.3) is 0 Å². The molecule has 23 heavy (non-hydrogen) atoms. The molecule has 0 heterocycles. The molecule has 1 aromatic carbocycles. The van der Waals surface area contributed by atoms with Gasteiger partial charge in [-0.3, -0.25) is 4.79 Å². The molecule has 0 aliphatic carbocycles. The molecule has 0 atom stereocenters. The van der Waals surface area contributed by atoms with E-state index in [0.717, 1.165) is 0 Å². The lowest BCUT2D eigenvalue weighted by Crippen LogP contribution is -2.12. The molecule has 4 nitrogen and oxygen atoms in total. The number of carbonyl (C=O) groups excluding carboxylic acids is 1. The van der Waals surface area contributed by atoms with Crippen molar-refractivity contribution in [1.29, 1.82) is 0 Å². The number of rotatable bonds is 6. The van der Waals surface area contributed by atoms with E-state index in [2.05, 4.69) is 5.32 Å². The first-order valence-corrected chi connectivity index (χ1v) is 8.24. The monoisotopic (exact) mass is 377 g/mol. The number of aliphatic carboxylic acids is 1. The van der Waals surface area contributed by atoms with Crippen LogP contribution in [-0.4, -0.2) is 17.0 Å². The molecule has 0 unspecified atom stereocenters. The maximum Gasteiger partial charge on any atom is 0.331 e. The second-order valence-electron chi connectivity index (χ2n) is 5.30. The maximum absolute atomic E-state index is 11.8. The predicted molar refractivity (Wildman–Crippen MR) is 95.5 cm³/mol. The van der Waals surface area contributed by atoms with Gasteiger partial charge in [0.1, 0.15) is 0 Å². The van der Waals surface area contributed by atoms with Crippen LogP contribution in [0.5, 0.6) is 0 Å². The van der Waals surface area contributed by atoms with Crippen LogP contribution in [0.2, 0.25) is 15.1 Å². The number of nitrogens with one attached hydrogen (secondary N) is 1. The van der Waals surface area contributed by atoms with Crippen LogP contribution >= 0.6 is 34.8 Å². The quantitative estimate of drug-likeness (QED) is 0.641. The molecule has 1 rings (SSSR count). The molecule has 7 heteroatoms. The van der Waals surface area contributed by atoms with E-state index >= 15 is 0 Å². The molecule has 0 fully saturated rings. The van der Waals surface area contributed by atoms with Gasteiger partial charge in [-0.15, -0.1) is 0 Å². The zero-order chi connectivity index (χ0) is 17.7. The summed E-state index contributed by atoms with van der Waals surface area (Å²) in [5.74, 6) is -1.51. The number of anilines is 1. The number of carboxylic acid groups (broad SMARTS) is 1. The van der Waals surface area contributed by atoms with Crippen LogP contribution in [0.15, 0.2) is 11.6 Å². The van der Waals surface area contributed by atoms with Gasteiger partial charge in [-0.2, -0.15) is 0 Å². The van der Waals surface area contributed by atoms with Crippen LogP contribution in [0, 0.1) is 5.92 Å². The van der Waals surface area contributed by atoms with Crippen LogP contribution in [0.4, 0.5) is 5.69 Å². The molecule has 1 aromatic rings. The molecule has 0 saturated heterocycles. The van der Waals surface area contributed by atoms with Crippen molar-refractivity contribution < 1.29 is 14.7 Å². The fraction of sp³-hybridized carbons (Fsp3) is 0.375. The number of hydrogen-bond acceptors (Lipinski definition) is 2. The van der Waals surface area contributed by atoms with E-state index in [1.54, 1.807) is 13.8 Å². The molecule has 0 spiro atoms. The van der Waals surface area contributed by atoms with Crippen LogP contribution in [-0.2, 0) is 9.59 Å². The summed E-state index contributed by atoms with van der Waals surface area (Å²) in [4.78, 5) is 23.1. The van der Waals surface area contributed by atoms with Crippen LogP contribution in [0.1, 0.15) is 39.2 Å². The standard InChI is InChI=1S/C16H18Cl3NO3/c1-4-5-13(21)20-15-12(18)7-11(17)10(14(15)19)6-9(8(2)3)16(22)23/h6-8H,4-5H2,1-3H3,(H,20,21)(H,22,23)/b9-6+. The molecular weight excluding hydrogens is 361 g/mol. The lowest BCUT2D eigenvalue weighted by molar-refractivity contribution is -0.133. The topological polar surface area (TPSA) is 66.4 Å². The van der Waals surface area contributed by atoms with E-state index in [1.807, 2.05) is 6.92 Å². The molecule has 126 valence electrons. The number of amides is 1. The van der Waals surface area contributed by atoms with E-state index in [1.165, 1.54) is 12.1 Å². The molecule has 0 aliphatic rings. The van der Waals surface area contributed by atoms with Crippen molar-refractivity contribution in [2.24, 2.45) is 5.92 Å². The average molecular weight is 379 g/mol. The summed E-state index contributed by atoms with van der Waals surface area (Å²) in [7, 11) is 0. The van der Waals surface area contributed by atoms with E-state index in [9.17, 15) is 14.7 Å². The van der Waals surface area contributed by atoms with E-state index in [0.29, 0.717) is 18.4 Å². The van der Waals surface area contributed by atoms with E-state index in [4.69, 9.17) is 34.8 Å². The molecule has 0 bridgehead atoms. The molecule has 0 radical (unpaired) electrons. The highest BCUT2D eigenvalue weighted by atomic mass is 35.5. The Morgan fingerprint density at radius 1 is 1.26 bits per heavy atom. The lowest BCUT2D eigenvalue weighted by Gasteiger charge is -2.14. The summed E-state index contributed by atoms with van der Waals surface area (Å²) in [6.45, 7) is 5.38. The zero-order valence-electron chi connectivity index (χ0n) is 13.0. The van der Waals surface area contributed by atoms with Crippen LogP contribution in [0.25, 0.3) is 6.08 Å². The highest BCUT2D eigenvalue weighted by Crippen LogP contribution is 2.39. The molecule has 2 N–H and O–H groups in total. The minimum atomic E-state index is -1.06. The zero-order valence-corrected chi connectivity index (χ0v) is 15.3. The third kappa shape index (κ3) is 5.13. The van der Waals surface area contributed by atoms with Crippen molar-refractivity contribution in [3.05, 3.63) is 32.3 Å². The van der Waals surface area contributed by atoms with Crippen molar-refractivity contribution >= 4 is 58.4 Å². The third-order valence-electron chi connectivity index (χ3n) is 3.12. The Hall–Kier alpha value is -1.23. The first-order valence-electron chi connectivity index (χ1n) is 7.11. The van der Waals surface area contributed by atoms with Gasteiger partial charge in [-0.25, -0.2) is 4.79 Å². The Morgan fingerprint density at radius 2 is 1.87 bits per heavy atom. The SMILES string of the molecule is CCCC(=O)Nc1c(Cl)cc(Cl)c(/C=C(/C(=O)O)C(C)C)c1Cl. The Kier molecular flexibility index (Phi) is 7.39. The van der Waals surface area contributed by atoms with Crippen LogP contribution in [0.3, 0.4) is 0 Å². The first kappa shape index (κ1) is 19.8. The summed E-state index contributed by atoms with van der Waals surface area (Å²) in [5.41, 5.74) is 0.702. The van der Waals surface area contributed by atoms with Gasteiger partial charge in [0.05, 0.1) is 20.8 Å². The fourth-order valence-electron chi connectivity index (χ4n) is 1.91. The van der Waals surface area contributed by atoms with Crippen molar-refractivity contribution in [1.82, 2.24) is 0 Å². The average Bonchev–Trinajstić information content (AvgIpc) is 2.42. The largest absolute Gasteiger partial charge is 0.478 e. The number of benzene rings is 1. The Morgan fingerprint density at radius 3 is 2.35 bits per heavy atom. The normalized spacial score (nSPS) is 11.7. The summed E-state index contributed by atoms with van der Waals surface area (Å²) in [5, 5.41) is 12.4. The van der Waals surface area contributed by atoms with Crippen LogP contribution < -0.4 is 5.32 Å². The number of hydrogen-bond donors (Lipinski definition) is 2. The minimum absolute atomic E-state index is 0.117. The third-order valence-corrected chi connectivity index (χ3v) is 4.12. The van der Waals surface area contributed by atoms with Crippen molar-refractivity contribution in [3.63, 3.8) is 0 Å². The molecule has 0 aliphatic heterocycles. The van der Waals surface area contributed by atoms with Gasteiger partial charge in [0, 0.05) is 17.6 Å². The highest BCUT2D eigenvalue weighted by molar-refractivity contribution is 6.44. The van der Waals surface area contributed by atoms with Gasteiger partial charge in [0.2, 0.25) is 5.91 Å². The van der Waals surface area contributed by atoms with E-state index < -0.39 is 5.97 Å². The summed E-state index contributed by atoms with van der Waals surface area (Å²) in [6.07, 6.45) is 2.41. The number of halogens is 3. The second-order valence-corrected chi connectivity index (χ2v) is 6.49. The van der Waals surface area contributed by atoms with Gasteiger partial charge in [-0.05, 0) is 24.5 Å². The maximum atomic E-state index is 11.8. The van der Waals surface area contributed by atoms with Crippen molar-refractivity contribution in [3.8, 4) is 0 Å². The first-order chi connectivity index (χ1) is 10.7. The minimum Gasteiger partial charge on any atom is -0.478 e. The van der Waals surface area contributed by atoms with Gasteiger partial charge in [0.15, 0.2) is 0 Å².